The molecule has 2 N–H and O–H groups in total. The molecule has 2 aromatic rings. The van der Waals surface area contributed by atoms with Gasteiger partial charge in [-0.25, -0.2) is 0 Å². The third-order valence-corrected chi connectivity index (χ3v) is 6.06. The molecule has 27 heavy (non-hydrogen) atoms. The number of nitrogens with two attached hydrogens (primary N) is 1. The van der Waals surface area contributed by atoms with Crippen molar-refractivity contribution in [2.75, 3.05) is 32.7 Å². The van der Waals surface area contributed by atoms with Crippen molar-refractivity contribution in [2.24, 2.45) is 5.73 Å². The molecule has 1 fully saturated rings. The maximum atomic E-state index is 6.18. The normalized spacial score (nSPS) is 18.6. The number of benzene rings is 1. The van der Waals surface area contributed by atoms with Crippen molar-refractivity contribution >= 4 is 10.9 Å². The molecule has 0 unspecified atom stereocenters. The van der Waals surface area contributed by atoms with Crippen LogP contribution in [0.4, 0.5) is 0 Å². The van der Waals surface area contributed by atoms with Crippen molar-refractivity contribution in [3.63, 3.8) is 0 Å². The molecule has 1 aromatic carbocycles. The summed E-state index contributed by atoms with van der Waals surface area (Å²) in [7, 11) is 0. The summed E-state index contributed by atoms with van der Waals surface area (Å²) < 4.78 is 2.45. The van der Waals surface area contributed by atoms with Gasteiger partial charge in [-0.05, 0) is 49.9 Å². The minimum absolute atomic E-state index is 0.973. The SMILES string of the molecule is CCc1cn(CCCN2CCN(C3=C(N)C=CCC3)CC2)c2ccccc12. The Morgan fingerprint density at radius 1 is 1.04 bits per heavy atom. The molecule has 1 aliphatic carbocycles. The Morgan fingerprint density at radius 2 is 1.85 bits per heavy atom. The van der Waals surface area contributed by atoms with Crippen molar-refractivity contribution in [2.45, 2.75) is 39.2 Å². The molecular weight excluding hydrogens is 332 g/mol. The Balaban J connectivity index is 1.29. The minimum atomic E-state index is 0.973. The van der Waals surface area contributed by atoms with Gasteiger partial charge in [0.2, 0.25) is 0 Å². The highest BCUT2D eigenvalue weighted by Gasteiger charge is 2.20. The summed E-state index contributed by atoms with van der Waals surface area (Å²) >= 11 is 0. The van der Waals surface area contributed by atoms with Crippen LogP contribution in [-0.4, -0.2) is 47.1 Å². The van der Waals surface area contributed by atoms with Gasteiger partial charge in [-0.1, -0.05) is 31.2 Å². The largest absolute Gasteiger partial charge is 0.397 e. The second-order valence-electron chi connectivity index (χ2n) is 7.74. The van der Waals surface area contributed by atoms with Crippen LogP contribution in [0.3, 0.4) is 0 Å². The molecule has 1 aliphatic heterocycles. The zero-order valence-corrected chi connectivity index (χ0v) is 16.5. The number of aromatic nitrogens is 1. The van der Waals surface area contributed by atoms with E-state index in [1.54, 1.807) is 0 Å². The van der Waals surface area contributed by atoms with E-state index < -0.39 is 0 Å². The fourth-order valence-corrected chi connectivity index (χ4v) is 4.51. The van der Waals surface area contributed by atoms with E-state index >= 15 is 0 Å². The van der Waals surface area contributed by atoms with Crippen molar-refractivity contribution in [3.8, 4) is 0 Å². The van der Waals surface area contributed by atoms with Crippen molar-refractivity contribution in [1.29, 1.82) is 0 Å². The van der Waals surface area contributed by atoms with E-state index in [-0.39, 0.29) is 0 Å². The summed E-state index contributed by atoms with van der Waals surface area (Å²) in [5, 5.41) is 1.42. The number of piperazine rings is 1. The lowest BCUT2D eigenvalue weighted by molar-refractivity contribution is 0.152. The van der Waals surface area contributed by atoms with Gasteiger partial charge in [-0.2, -0.15) is 0 Å². The zero-order valence-electron chi connectivity index (χ0n) is 16.5. The van der Waals surface area contributed by atoms with Crippen LogP contribution in [0.25, 0.3) is 10.9 Å². The Morgan fingerprint density at radius 3 is 2.63 bits per heavy atom. The highest BCUT2D eigenvalue weighted by atomic mass is 15.3. The maximum Gasteiger partial charge on any atom is 0.0505 e. The third kappa shape index (κ3) is 3.91. The molecule has 2 aliphatic rings. The van der Waals surface area contributed by atoms with E-state index in [4.69, 9.17) is 5.73 Å². The monoisotopic (exact) mass is 364 g/mol. The molecule has 4 nitrogen and oxygen atoms in total. The van der Waals surface area contributed by atoms with Crippen LogP contribution in [-0.2, 0) is 13.0 Å². The van der Waals surface area contributed by atoms with Crippen LogP contribution >= 0.6 is 0 Å². The summed E-state index contributed by atoms with van der Waals surface area (Å²) in [6, 6.07) is 8.81. The lowest BCUT2D eigenvalue weighted by Crippen LogP contribution is -2.46. The van der Waals surface area contributed by atoms with E-state index in [0.29, 0.717) is 0 Å². The Labute approximate surface area is 162 Å². The number of hydrogen-bond donors (Lipinski definition) is 1. The summed E-state index contributed by atoms with van der Waals surface area (Å²) in [6.45, 7) is 9.03. The molecule has 0 atom stereocenters. The number of fused-ring (bicyclic) bond motifs is 1. The molecule has 0 saturated carbocycles. The predicted octanol–water partition coefficient (Wildman–Crippen LogP) is 3.73. The van der Waals surface area contributed by atoms with Gasteiger partial charge >= 0.3 is 0 Å². The van der Waals surface area contributed by atoms with Crippen molar-refractivity contribution in [3.05, 3.63) is 59.6 Å². The van der Waals surface area contributed by atoms with Gasteiger partial charge in [0.25, 0.3) is 0 Å². The molecule has 0 amide bonds. The highest BCUT2D eigenvalue weighted by Crippen LogP contribution is 2.23. The van der Waals surface area contributed by atoms with Crippen LogP contribution in [0.2, 0.25) is 0 Å². The Kier molecular flexibility index (Phi) is 5.53. The first-order valence-electron chi connectivity index (χ1n) is 10.5. The average Bonchev–Trinajstić information content (AvgIpc) is 3.07. The molecule has 1 aromatic heterocycles. The molecular formula is C23H32N4. The van der Waals surface area contributed by atoms with Gasteiger partial charge in [0, 0.05) is 55.5 Å². The number of allylic oxidation sites excluding steroid dienone is 3. The van der Waals surface area contributed by atoms with Crippen LogP contribution in [0.15, 0.2) is 54.0 Å². The quantitative estimate of drug-likeness (QED) is 0.849. The van der Waals surface area contributed by atoms with E-state index in [9.17, 15) is 0 Å². The second-order valence-corrected chi connectivity index (χ2v) is 7.74. The number of para-hydroxylation sites is 1. The summed E-state index contributed by atoms with van der Waals surface area (Å²) in [5.74, 6) is 0. The fourth-order valence-electron chi connectivity index (χ4n) is 4.51. The zero-order chi connectivity index (χ0) is 18.6. The van der Waals surface area contributed by atoms with E-state index in [0.717, 1.165) is 57.7 Å². The van der Waals surface area contributed by atoms with Crippen molar-refractivity contribution < 1.29 is 0 Å². The maximum absolute atomic E-state index is 6.18. The van der Waals surface area contributed by atoms with Gasteiger partial charge in [-0.15, -0.1) is 0 Å². The van der Waals surface area contributed by atoms with Crippen LogP contribution < -0.4 is 5.73 Å². The van der Waals surface area contributed by atoms with Gasteiger partial charge < -0.3 is 15.2 Å². The minimum Gasteiger partial charge on any atom is -0.397 e. The standard InChI is InChI=1S/C23H32N4/c1-2-19-18-27(22-10-5-3-8-20(19)22)13-7-12-25-14-16-26(17-15-25)23-11-6-4-9-21(23)24/h3-5,8-10,18H,2,6-7,11-17,24H2,1H3. The van der Waals surface area contributed by atoms with E-state index in [1.807, 2.05) is 0 Å². The topological polar surface area (TPSA) is 37.4 Å². The number of hydrogen-bond acceptors (Lipinski definition) is 3. The smallest absolute Gasteiger partial charge is 0.0505 e. The van der Waals surface area contributed by atoms with Gasteiger partial charge in [0.15, 0.2) is 0 Å². The lowest BCUT2D eigenvalue weighted by Gasteiger charge is -2.38. The Bertz CT molecular complexity index is 837. The van der Waals surface area contributed by atoms with E-state index in [2.05, 4.69) is 63.9 Å². The molecule has 0 radical (unpaired) electrons. The first-order valence-corrected chi connectivity index (χ1v) is 10.5. The molecule has 4 heteroatoms. The molecule has 1 saturated heterocycles. The highest BCUT2D eigenvalue weighted by molar-refractivity contribution is 5.83. The van der Waals surface area contributed by atoms with Crippen LogP contribution in [0, 0.1) is 0 Å². The van der Waals surface area contributed by atoms with Crippen molar-refractivity contribution in [1.82, 2.24) is 14.4 Å². The van der Waals surface area contributed by atoms with Crippen LogP contribution in [0.5, 0.6) is 0 Å². The molecule has 4 rings (SSSR count). The third-order valence-electron chi connectivity index (χ3n) is 6.06. The first kappa shape index (κ1) is 18.2. The average molecular weight is 365 g/mol. The molecule has 0 spiro atoms. The fraction of sp³-hybridized carbons (Fsp3) is 0.478. The number of aryl methyl sites for hydroxylation is 2. The Hall–Kier alpha value is -2.20. The summed E-state index contributed by atoms with van der Waals surface area (Å²) in [5.41, 5.74) is 11.4. The van der Waals surface area contributed by atoms with Gasteiger partial charge in [0.05, 0.1) is 5.70 Å². The van der Waals surface area contributed by atoms with Gasteiger partial charge in [-0.3, -0.25) is 4.90 Å². The van der Waals surface area contributed by atoms with Crippen LogP contribution in [0.1, 0.15) is 31.7 Å². The van der Waals surface area contributed by atoms with Gasteiger partial charge in [0.1, 0.15) is 0 Å². The number of nitrogens with zero attached hydrogens (tertiary/aromatic N) is 3. The lowest BCUT2D eigenvalue weighted by atomic mass is 10.1. The molecule has 0 bridgehead atoms. The van der Waals surface area contributed by atoms with E-state index in [1.165, 1.54) is 35.1 Å². The number of rotatable bonds is 6. The summed E-state index contributed by atoms with van der Waals surface area (Å²) in [4.78, 5) is 5.11. The molecule has 144 valence electrons. The predicted molar refractivity (Wildman–Crippen MR) is 114 cm³/mol. The first-order chi connectivity index (χ1) is 13.3. The summed E-state index contributed by atoms with van der Waals surface area (Å²) in [6.07, 6.45) is 11.2. The second kappa shape index (κ2) is 8.22. The molecule has 2 heterocycles.